The van der Waals surface area contributed by atoms with Crippen molar-refractivity contribution in [3.05, 3.63) is 42.5 Å². The predicted molar refractivity (Wildman–Crippen MR) is 93.8 cm³/mol. The number of likely N-dealkylation sites (N-methyl/N-ethyl adjacent to an activating group) is 1. The van der Waals surface area contributed by atoms with Crippen molar-refractivity contribution in [1.29, 1.82) is 0 Å². The molecule has 1 aliphatic rings. The highest BCUT2D eigenvalue weighted by atomic mass is 35.5. The molecule has 1 unspecified atom stereocenters. The van der Waals surface area contributed by atoms with Crippen LogP contribution in [-0.2, 0) is 0 Å². The third-order valence-corrected chi connectivity index (χ3v) is 3.86. The number of nitrogens with zero attached hydrogens (tertiary/aromatic N) is 4. The van der Waals surface area contributed by atoms with Gasteiger partial charge in [-0.1, -0.05) is 0 Å². The van der Waals surface area contributed by atoms with Crippen LogP contribution in [0.3, 0.4) is 0 Å². The summed E-state index contributed by atoms with van der Waals surface area (Å²) in [4.78, 5) is 18.5. The molecule has 6 nitrogen and oxygen atoms in total. The Balaban J connectivity index is 0.00000132. The van der Waals surface area contributed by atoms with Crippen LogP contribution in [0.5, 0.6) is 0 Å². The number of amides is 1. The van der Waals surface area contributed by atoms with Crippen molar-refractivity contribution in [3.63, 3.8) is 0 Å². The van der Waals surface area contributed by atoms with Gasteiger partial charge in [0.2, 0.25) is 0 Å². The minimum Gasteiger partial charge on any atom is -0.337 e. The molecule has 1 N–H and O–H groups in total. The van der Waals surface area contributed by atoms with Crippen LogP contribution in [0.4, 0.5) is 0 Å². The van der Waals surface area contributed by atoms with E-state index in [-0.39, 0.29) is 30.7 Å². The monoisotopic (exact) mass is 357 g/mol. The average Bonchev–Trinajstić information content (AvgIpc) is 3.05. The summed E-state index contributed by atoms with van der Waals surface area (Å²) in [6.45, 7) is 1.57. The quantitative estimate of drug-likeness (QED) is 0.911. The largest absolute Gasteiger partial charge is 0.337 e. The molecule has 23 heavy (non-hydrogen) atoms. The number of halogens is 2. The van der Waals surface area contributed by atoms with Gasteiger partial charge in [-0.3, -0.25) is 9.78 Å². The zero-order chi connectivity index (χ0) is 14.7. The molecule has 2 aromatic heterocycles. The number of carbonyl (C=O) groups is 1. The van der Waals surface area contributed by atoms with Gasteiger partial charge in [-0.15, -0.1) is 24.8 Å². The zero-order valence-electron chi connectivity index (χ0n) is 12.9. The summed E-state index contributed by atoms with van der Waals surface area (Å²) in [7, 11) is 1.94. The lowest BCUT2D eigenvalue weighted by Gasteiger charge is -2.32. The number of hydrogen-bond donors (Lipinski definition) is 1. The predicted octanol–water partition coefficient (Wildman–Crippen LogP) is 1.93. The van der Waals surface area contributed by atoms with Crippen LogP contribution in [0, 0.1) is 0 Å². The van der Waals surface area contributed by atoms with Gasteiger partial charge in [-0.25, -0.2) is 4.68 Å². The van der Waals surface area contributed by atoms with Crippen LogP contribution in [0.15, 0.2) is 36.9 Å². The zero-order valence-corrected chi connectivity index (χ0v) is 14.5. The molecule has 0 spiro atoms. The lowest BCUT2D eigenvalue weighted by Crippen LogP contribution is -2.46. The van der Waals surface area contributed by atoms with E-state index in [1.165, 1.54) is 0 Å². The molecule has 1 atom stereocenters. The Hall–Kier alpha value is -1.63. The first kappa shape index (κ1) is 19.4. The van der Waals surface area contributed by atoms with Crippen LogP contribution in [0.25, 0.3) is 5.69 Å². The summed E-state index contributed by atoms with van der Waals surface area (Å²) in [6, 6.07) is 4.14. The van der Waals surface area contributed by atoms with Gasteiger partial charge in [0.25, 0.3) is 5.91 Å². The van der Waals surface area contributed by atoms with Gasteiger partial charge in [0.05, 0.1) is 23.6 Å². The number of piperidine rings is 1. The number of likely N-dealkylation sites (tertiary alicyclic amines) is 1. The second-order valence-corrected chi connectivity index (χ2v) is 5.26. The Morgan fingerprint density at radius 2 is 2.17 bits per heavy atom. The molecule has 3 rings (SSSR count). The molecule has 3 heterocycles. The molecule has 0 bridgehead atoms. The standard InChI is InChI=1S/C15H19N5O.2ClH/c1-16-13-4-3-7-19(11-13)15(21)12-8-18-20(10-12)14-5-2-6-17-9-14;;/h2,5-6,8-10,13,16H,3-4,7,11H2,1H3;2*1H. The molecule has 0 aromatic carbocycles. The highest BCUT2D eigenvalue weighted by Gasteiger charge is 2.24. The Labute approximate surface area is 148 Å². The van der Waals surface area contributed by atoms with Crippen molar-refractivity contribution < 1.29 is 4.79 Å². The molecule has 1 amide bonds. The SMILES string of the molecule is CNC1CCCN(C(=O)c2cnn(-c3cccnc3)c2)C1.Cl.Cl. The van der Waals surface area contributed by atoms with Crippen molar-refractivity contribution >= 4 is 30.7 Å². The van der Waals surface area contributed by atoms with E-state index in [2.05, 4.69) is 15.4 Å². The molecule has 2 aromatic rings. The summed E-state index contributed by atoms with van der Waals surface area (Å²) in [5.74, 6) is 0.0464. The van der Waals surface area contributed by atoms with Crippen molar-refractivity contribution in [1.82, 2.24) is 25.0 Å². The molecule has 1 aliphatic heterocycles. The van der Waals surface area contributed by atoms with E-state index in [1.54, 1.807) is 29.5 Å². The van der Waals surface area contributed by atoms with E-state index < -0.39 is 0 Å². The van der Waals surface area contributed by atoms with E-state index in [0.29, 0.717) is 11.6 Å². The lowest BCUT2D eigenvalue weighted by molar-refractivity contribution is 0.0698. The van der Waals surface area contributed by atoms with Crippen molar-refractivity contribution in [3.8, 4) is 5.69 Å². The van der Waals surface area contributed by atoms with Crippen molar-refractivity contribution in [2.45, 2.75) is 18.9 Å². The molecule has 0 saturated carbocycles. The number of carbonyl (C=O) groups excluding carboxylic acids is 1. The average molecular weight is 358 g/mol. The lowest BCUT2D eigenvalue weighted by atomic mass is 10.1. The van der Waals surface area contributed by atoms with Crippen molar-refractivity contribution in [2.24, 2.45) is 0 Å². The van der Waals surface area contributed by atoms with Gasteiger partial charge in [-0.05, 0) is 32.0 Å². The maximum absolute atomic E-state index is 12.5. The second-order valence-electron chi connectivity index (χ2n) is 5.26. The fourth-order valence-corrected chi connectivity index (χ4v) is 2.64. The Kier molecular flexibility index (Phi) is 7.48. The number of aromatic nitrogens is 3. The third-order valence-electron chi connectivity index (χ3n) is 3.86. The molecule has 8 heteroatoms. The molecule has 126 valence electrons. The van der Waals surface area contributed by atoms with E-state index in [0.717, 1.165) is 31.6 Å². The molecule has 0 aliphatic carbocycles. The first-order valence-corrected chi connectivity index (χ1v) is 7.19. The van der Waals surface area contributed by atoms with Crippen molar-refractivity contribution in [2.75, 3.05) is 20.1 Å². The van der Waals surface area contributed by atoms with Crippen LogP contribution >= 0.6 is 24.8 Å². The molecular weight excluding hydrogens is 337 g/mol. The second kappa shape index (κ2) is 8.86. The normalized spacial score (nSPS) is 17.1. The van der Waals surface area contributed by atoms with Gasteiger partial charge in [0.1, 0.15) is 0 Å². The van der Waals surface area contributed by atoms with Crippen LogP contribution in [0.1, 0.15) is 23.2 Å². The van der Waals surface area contributed by atoms with Crippen LogP contribution in [-0.4, -0.2) is 51.8 Å². The highest BCUT2D eigenvalue weighted by molar-refractivity contribution is 5.93. The van der Waals surface area contributed by atoms with Gasteiger partial charge < -0.3 is 10.2 Å². The summed E-state index contributed by atoms with van der Waals surface area (Å²) in [5.41, 5.74) is 1.47. The number of rotatable bonds is 3. The fraction of sp³-hybridized carbons (Fsp3) is 0.400. The molecule has 1 fully saturated rings. The maximum Gasteiger partial charge on any atom is 0.257 e. The highest BCUT2D eigenvalue weighted by Crippen LogP contribution is 2.14. The number of pyridine rings is 1. The first-order chi connectivity index (χ1) is 10.3. The minimum atomic E-state index is 0. The minimum absolute atomic E-state index is 0. The van der Waals surface area contributed by atoms with Crippen LogP contribution in [0.2, 0.25) is 0 Å². The maximum atomic E-state index is 12.5. The summed E-state index contributed by atoms with van der Waals surface area (Å²) in [5, 5.41) is 7.50. The smallest absolute Gasteiger partial charge is 0.257 e. The summed E-state index contributed by atoms with van der Waals surface area (Å²) in [6.07, 6.45) is 8.98. The summed E-state index contributed by atoms with van der Waals surface area (Å²) >= 11 is 0. The third kappa shape index (κ3) is 4.43. The van der Waals surface area contributed by atoms with E-state index in [4.69, 9.17) is 0 Å². The fourth-order valence-electron chi connectivity index (χ4n) is 2.64. The molecule has 0 radical (unpaired) electrons. The molecular formula is C15H21Cl2N5O. The Morgan fingerprint density at radius 1 is 1.35 bits per heavy atom. The number of nitrogens with one attached hydrogen (secondary N) is 1. The Morgan fingerprint density at radius 3 is 2.87 bits per heavy atom. The van der Waals surface area contributed by atoms with Gasteiger partial charge >= 0.3 is 0 Å². The topological polar surface area (TPSA) is 63.1 Å². The van der Waals surface area contributed by atoms with E-state index in [1.807, 2.05) is 24.1 Å². The number of hydrogen-bond acceptors (Lipinski definition) is 4. The Bertz CT molecular complexity index is 619. The van der Waals surface area contributed by atoms with Gasteiger partial charge in [-0.2, -0.15) is 5.10 Å². The molecule has 1 saturated heterocycles. The van der Waals surface area contributed by atoms with E-state index >= 15 is 0 Å². The summed E-state index contributed by atoms with van der Waals surface area (Å²) < 4.78 is 1.68. The van der Waals surface area contributed by atoms with Crippen LogP contribution < -0.4 is 5.32 Å². The van der Waals surface area contributed by atoms with Gasteiger partial charge in [0, 0.05) is 31.5 Å². The van der Waals surface area contributed by atoms with Gasteiger partial charge in [0.15, 0.2) is 0 Å². The first-order valence-electron chi connectivity index (χ1n) is 7.19. The van der Waals surface area contributed by atoms with E-state index in [9.17, 15) is 4.79 Å².